The summed E-state index contributed by atoms with van der Waals surface area (Å²) in [5.41, 5.74) is 0.393. The van der Waals surface area contributed by atoms with Gasteiger partial charge in [0.05, 0.1) is 9.93 Å². The van der Waals surface area contributed by atoms with Gasteiger partial charge in [-0.05, 0) is 48.5 Å². The van der Waals surface area contributed by atoms with E-state index in [1.165, 1.54) is 36.6 Å². The monoisotopic (exact) mass is 410 g/mol. The highest BCUT2D eigenvalue weighted by Crippen LogP contribution is 2.22. The number of sulfonamides is 1. The third kappa shape index (κ3) is 5.91. The fraction of sp³-hybridized carbons (Fsp3) is 0.0556. The van der Waals surface area contributed by atoms with E-state index >= 15 is 0 Å². The van der Waals surface area contributed by atoms with E-state index in [9.17, 15) is 8.42 Å². The van der Waals surface area contributed by atoms with Crippen LogP contribution in [-0.4, -0.2) is 21.7 Å². The average molecular weight is 411 g/mol. The summed E-state index contributed by atoms with van der Waals surface area (Å²) < 4.78 is 32.6. The van der Waals surface area contributed by atoms with Crippen molar-refractivity contribution in [2.45, 2.75) is 4.90 Å². The van der Waals surface area contributed by atoms with Crippen molar-refractivity contribution in [2.24, 2.45) is 4.99 Å². The number of hydrogen-bond acceptors (Lipinski definition) is 4. The molecule has 0 amide bonds. The molecular weight excluding hydrogens is 395 g/mol. The Balaban J connectivity index is 2.06. The van der Waals surface area contributed by atoms with Gasteiger partial charge in [0.1, 0.15) is 11.5 Å². The zero-order valence-electron chi connectivity index (χ0n) is 13.8. The zero-order valence-corrected chi connectivity index (χ0v) is 16.1. The summed E-state index contributed by atoms with van der Waals surface area (Å²) in [6, 6.07) is 12.3. The van der Waals surface area contributed by atoms with E-state index in [-0.39, 0.29) is 4.90 Å². The largest absolute Gasteiger partial charge is 0.458 e. The van der Waals surface area contributed by atoms with Crippen molar-refractivity contribution in [3.63, 3.8) is 0 Å². The number of allylic oxidation sites excluding steroid dienone is 2. The minimum atomic E-state index is -3.70. The smallest absolute Gasteiger partial charge is 0.261 e. The molecule has 0 atom stereocenters. The first-order chi connectivity index (χ1) is 12.3. The maximum absolute atomic E-state index is 12.3. The van der Waals surface area contributed by atoms with Gasteiger partial charge in [-0.2, -0.15) is 0 Å². The SMILES string of the molecule is C=C(/C=C(/Cl)C=NC)Oc1ccc(NS(=O)(=O)c2ccc(Cl)cc2)cc1. The van der Waals surface area contributed by atoms with E-state index in [2.05, 4.69) is 16.3 Å². The van der Waals surface area contributed by atoms with Crippen molar-refractivity contribution in [3.05, 3.63) is 77.0 Å². The van der Waals surface area contributed by atoms with E-state index in [0.29, 0.717) is 27.3 Å². The van der Waals surface area contributed by atoms with Gasteiger partial charge in [-0.15, -0.1) is 0 Å². The van der Waals surface area contributed by atoms with Crippen molar-refractivity contribution in [2.75, 3.05) is 11.8 Å². The highest BCUT2D eigenvalue weighted by atomic mass is 35.5. The molecule has 2 aromatic carbocycles. The van der Waals surface area contributed by atoms with Crippen LogP contribution in [0.15, 0.2) is 81.9 Å². The maximum Gasteiger partial charge on any atom is 0.261 e. The van der Waals surface area contributed by atoms with Crippen LogP contribution in [0, 0.1) is 0 Å². The number of halogens is 2. The van der Waals surface area contributed by atoms with E-state index in [0.717, 1.165) is 0 Å². The molecule has 0 saturated carbocycles. The van der Waals surface area contributed by atoms with Gasteiger partial charge in [0.2, 0.25) is 0 Å². The van der Waals surface area contributed by atoms with E-state index < -0.39 is 10.0 Å². The lowest BCUT2D eigenvalue weighted by molar-refractivity contribution is 0.447. The van der Waals surface area contributed by atoms with Gasteiger partial charge in [-0.25, -0.2) is 8.42 Å². The second kappa shape index (κ2) is 8.89. The molecular formula is C18H16Cl2N2O3S. The fourth-order valence-electron chi connectivity index (χ4n) is 1.91. The number of aliphatic imine (C=N–C) groups is 1. The Hall–Kier alpha value is -2.28. The fourth-order valence-corrected chi connectivity index (χ4v) is 3.32. The highest BCUT2D eigenvalue weighted by molar-refractivity contribution is 7.92. The van der Waals surface area contributed by atoms with Crippen LogP contribution in [0.2, 0.25) is 5.02 Å². The number of nitrogens with zero attached hydrogens (tertiary/aromatic N) is 1. The second-order valence-electron chi connectivity index (χ2n) is 5.07. The standard InChI is InChI=1S/C18H16Cl2N2O3S/c1-13(11-15(20)12-21-2)25-17-7-5-16(6-8-17)22-26(23,24)18-9-3-14(19)4-10-18/h3-12,22H,1H2,2H3/b15-11+,21-12?. The minimum Gasteiger partial charge on any atom is -0.458 e. The molecule has 8 heteroatoms. The lowest BCUT2D eigenvalue weighted by atomic mass is 10.3. The molecule has 1 N–H and O–H groups in total. The number of hydrogen-bond donors (Lipinski definition) is 1. The van der Waals surface area contributed by atoms with Gasteiger partial charge in [0, 0.05) is 30.0 Å². The molecule has 2 aromatic rings. The third-order valence-electron chi connectivity index (χ3n) is 3.03. The summed E-state index contributed by atoms with van der Waals surface area (Å²) in [4.78, 5) is 3.90. The summed E-state index contributed by atoms with van der Waals surface area (Å²) in [6.07, 6.45) is 2.98. The molecule has 0 fully saturated rings. The van der Waals surface area contributed by atoms with Crippen molar-refractivity contribution in [3.8, 4) is 5.75 Å². The molecule has 0 aliphatic carbocycles. The van der Waals surface area contributed by atoms with E-state index in [1.54, 1.807) is 31.3 Å². The molecule has 0 spiro atoms. The van der Waals surface area contributed by atoms with Crippen LogP contribution in [0.1, 0.15) is 0 Å². The quantitative estimate of drug-likeness (QED) is 0.402. The molecule has 0 aliphatic rings. The summed E-state index contributed by atoms with van der Waals surface area (Å²) in [5.74, 6) is 0.808. The first-order valence-corrected chi connectivity index (χ1v) is 9.58. The third-order valence-corrected chi connectivity index (χ3v) is 4.89. The molecule has 0 bridgehead atoms. The highest BCUT2D eigenvalue weighted by Gasteiger charge is 2.13. The summed E-state index contributed by atoms with van der Waals surface area (Å²) in [6.45, 7) is 3.73. The van der Waals surface area contributed by atoms with Crippen LogP contribution in [0.4, 0.5) is 5.69 Å². The van der Waals surface area contributed by atoms with E-state index in [1.807, 2.05) is 0 Å². The zero-order chi connectivity index (χ0) is 19.2. The molecule has 0 radical (unpaired) electrons. The van der Waals surface area contributed by atoms with Gasteiger partial charge < -0.3 is 4.74 Å². The Labute approximate surface area is 162 Å². The number of ether oxygens (including phenoxy) is 1. The Morgan fingerprint density at radius 3 is 2.35 bits per heavy atom. The molecule has 2 rings (SSSR count). The Kier molecular flexibility index (Phi) is 6.85. The normalized spacial score (nSPS) is 12.2. The predicted molar refractivity (Wildman–Crippen MR) is 107 cm³/mol. The predicted octanol–water partition coefficient (Wildman–Crippen LogP) is 4.86. The van der Waals surface area contributed by atoms with Gasteiger partial charge in [-0.1, -0.05) is 29.8 Å². The van der Waals surface area contributed by atoms with Crippen LogP contribution in [0.25, 0.3) is 0 Å². The Morgan fingerprint density at radius 1 is 1.15 bits per heavy atom. The first kappa shape index (κ1) is 20.0. The van der Waals surface area contributed by atoms with Gasteiger partial charge >= 0.3 is 0 Å². The number of nitrogens with one attached hydrogen (secondary N) is 1. The number of rotatable bonds is 7. The number of benzene rings is 2. The van der Waals surface area contributed by atoms with Crippen LogP contribution in [0.5, 0.6) is 5.75 Å². The molecule has 26 heavy (non-hydrogen) atoms. The molecule has 0 heterocycles. The maximum atomic E-state index is 12.3. The summed E-state index contributed by atoms with van der Waals surface area (Å²) >= 11 is 11.7. The molecule has 0 unspecified atom stereocenters. The summed E-state index contributed by atoms with van der Waals surface area (Å²) in [7, 11) is -2.10. The molecule has 5 nitrogen and oxygen atoms in total. The molecule has 0 aliphatic heterocycles. The van der Waals surface area contributed by atoms with Crippen molar-refractivity contribution < 1.29 is 13.2 Å². The topological polar surface area (TPSA) is 67.8 Å². The van der Waals surface area contributed by atoms with Crippen LogP contribution < -0.4 is 9.46 Å². The van der Waals surface area contributed by atoms with E-state index in [4.69, 9.17) is 27.9 Å². The second-order valence-corrected chi connectivity index (χ2v) is 7.62. The average Bonchev–Trinajstić information content (AvgIpc) is 2.57. The van der Waals surface area contributed by atoms with Gasteiger partial charge in [-0.3, -0.25) is 9.71 Å². The van der Waals surface area contributed by atoms with Crippen molar-refractivity contribution in [1.82, 2.24) is 0 Å². The lowest BCUT2D eigenvalue weighted by Gasteiger charge is -2.10. The first-order valence-electron chi connectivity index (χ1n) is 7.35. The molecule has 0 aromatic heterocycles. The van der Waals surface area contributed by atoms with Gasteiger partial charge in [0.15, 0.2) is 0 Å². The lowest BCUT2D eigenvalue weighted by Crippen LogP contribution is -2.12. The summed E-state index contributed by atoms with van der Waals surface area (Å²) in [5, 5.41) is 0.842. The van der Waals surface area contributed by atoms with Crippen LogP contribution >= 0.6 is 23.2 Å². The molecule has 0 saturated heterocycles. The van der Waals surface area contributed by atoms with Crippen molar-refractivity contribution in [1.29, 1.82) is 0 Å². The van der Waals surface area contributed by atoms with Crippen molar-refractivity contribution >= 4 is 45.1 Å². The van der Waals surface area contributed by atoms with Crippen LogP contribution in [0.3, 0.4) is 0 Å². The van der Waals surface area contributed by atoms with Gasteiger partial charge in [0.25, 0.3) is 10.0 Å². The minimum absolute atomic E-state index is 0.118. The molecule has 136 valence electrons. The Bertz CT molecular complexity index is 935. The number of anilines is 1. The Morgan fingerprint density at radius 2 is 1.77 bits per heavy atom. The van der Waals surface area contributed by atoms with Crippen LogP contribution in [-0.2, 0) is 10.0 Å².